The lowest BCUT2D eigenvalue weighted by molar-refractivity contribution is -0.116. The number of sulfonamides is 1. The number of ether oxygens (including phenoxy) is 2. The van der Waals surface area contributed by atoms with E-state index in [2.05, 4.69) is 5.32 Å². The number of nitrogens with one attached hydrogen (secondary N) is 1. The average molecular weight is 328 g/mol. The molecule has 2 rings (SSSR count). The van der Waals surface area contributed by atoms with Crippen LogP contribution in [0.5, 0.6) is 11.5 Å². The van der Waals surface area contributed by atoms with E-state index in [1.165, 1.54) is 0 Å². The van der Waals surface area contributed by atoms with E-state index in [0.717, 1.165) is 10.6 Å². The highest BCUT2D eigenvalue weighted by atomic mass is 32.2. The van der Waals surface area contributed by atoms with Crippen LogP contribution >= 0.6 is 0 Å². The van der Waals surface area contributed by atoms with Crippen molar-refractivity contribution in [2.75, 3.05) is 31.3 Å². The van der Waals surface area contributed by atoms with Gasteiger partial charge in [0.05, 0.1) is 12.8 Å². The molecule has 0 saturated heterocycles. The molecule has 0 fully saturated rings. The number of rotatable bonds is 5. The lowest BCUT2D eigenvalue weighted by Gasteiger charge is -2.23. The van der Waals surface area contributed by atoms with Crippen molar-refractivity contribution in [3.63, 3.8) is 0 Å². The molecule has 122 valence electrons. The quantitative estimate of drug-likeness (QED) is 0.874. The number of amides is 1. The largest absolute Gasteiger partial charge is 0.486 e. The van der Waals surface area contributed by atoms with E-state index in [-0.39, 0.29) is 12.6 Å². The van der Waals surface area contributed by atoms with E-state index >= 15 is 0 Å². The first kappa shape index (κ1) is 16.6. The molecule has 0 spiro atoms. The van der Waals surface area contributed by atoms with Gasteiger partial charge in [-0.15, -0.1) is 0 Å². The van der Waals surface area contributed by atoms with Crippen LogP contribution in [0.2, 0.25) is 0 Å². The molecule has 0 aliphatic carbocycles. The van der Waals surface area contributed by atoms with E-state index in [1.807, 2.05) is 0 Å². The smallest absolute Gasteiger partial charge is 0.239 e. The summed E-state index contributed by atoms with van der Waals surface area (Å²) in [6, 6.07) is 4.76. The summed E-state index contributed by atoms with van der Waals surface area (Å²) in [4.78, 5) is 12.1. The number of anilines is 1. The van der Waals surface area contributed by atoms with Crippen molar-refractivity contribution in [3.8, 4) is 11.5 Å². The Hall–Kier alpha value is -1.80. The fourth-order valence-corrected chi connectivity index (χ4v) is 3.26. The Balaban J connectivity index is 2.05. The number of fused-ring (bicyclic) bond motifs is 1. The fraction of sp³-hybridized carbons (Fsp3) is 0.500. The van der Waals surface area contributed by atoms with Crippen LogP contribution < -0.4 is 14.8 Å². The summed E-state index contributed by atoms with van der Waals surface area (Å²) in [5.74, 6) is 0.785. The van der Waals surface area contributed by atoms with Gasteiger partial charge in [0.25, 0.3) is 0 Å². The Morgan fingerprint density at radius 1 is 1.27 bits per heavy atom. The fourth-order valence-electron chi connectivity index (χ4n) is 2.15. The minimum Gasteiger partial charge on any atom is -0.486 e. The second-order valence-electron chi connectivity index (χ2n) is 5.31. The van der Waals surface area contributed by atoms with Crippen LogP contribution in [0.25, 0.3) is 0 Å². The molecule has 1 aromatic rings. The van der Waals surface area contributed by atoms with E-state index < -0.39 is 15.9 Å². The van der Waals surface area contributed by atoms with E-state index in [9.17, 15) is 13.2 Å². The molecule has 0 saturated carbocycles. The average Bonchev–Trinajstić information content (AvgIpc) is 2.43. The molecule has 0 atom stereocenters. The molecule has 7 nitrogen and oxygen atoms in total. The van der Waals surface area contributed by atoms with E-state index in [0.29, 0.717) is 30.4 Å². The zero-order valence-corrected chi connectivity index (χ0v) is 13.6. The molecule has 0 unspecified atom stereocenters. The van der Waals surface area contributed by atoms with Crippen LogP contribution in [0.4, 0.5) is 5.69 Å². The third-order valence-electron chi connectivity index (χ3n) is 3.13. The number of carbonyl (C=O) groups is 1. The third kappa shape index (κ3) is 4.11. The molecule has 1 N–H and O–H groups in total. The zero-order valence-electron chi connectivity index (χ0n) is 12.8. The molecule has 0 bridgehead atoms. The number of hydrogen-bond acceptors (Lipinski definition) is 5. The lowest BCUT2D eigenvalue weighted by Crippen LogP contribution is -2.41. The topological polar surface area (TPSA) is 84.9 Å². The highest BCUT2D eigenvalue weighted by Gasteiger charge is 2.23. The van der Waals surface area contributed by atoms with Crippen molar-refractivity contribution >= 4 is 21.6 Å². The van der Waals surface area contributed by atoms with Crippen LogP contribution in [-0.4, -0.2) is 50.7 Å². The lowest BCUT2D eigenvalue weighted by atomic mass is 10.2. The summed E-state index contributed by atoms with van der Waals surface area (Å²) in [5, 5.41) is 2.67. The van der Waals surface area contributed by atoms with Gasteiger partial charge in [0.15, 0.2) is 11.5 Å². The maximum atomic E-state index is 12.1. The molecule has 1 aliphatic rings. The van der Waals surface area contributed by atoms with Crippen LogP contribution in [0, 0.1) is 0 Å². The Labute approximate surface area is 130 Å². The number of benzene rings is 1. The van der Waals surface area contributed by atoms with Crippen LogP contribution in [-0.2, 0) is 14.8 Å². The molecule has 0 aromatic heterocycles. The summed E-state index contributed by atoms with van der Waals surface area (Å²) < 4.78 is 35.3. The predicted octanol–water partition coefficient (Wildman–Crippen LogP) is 1.07. The van der Waals surface area contributed by atoms with Gasteiger partial charge in [-0.3, -0.25) is 4.79 Å². The van der Waals surface area contributed by atoms with Gasteiger partial charge in [-0.2, -0.15) is 4.31 Å². The highest BCUT2D eigenvalue weighted by molar-refractivity contribution is 7.88. The van der Waals surface area contributed by atoms with Crippen molar-refractivity contribution in [2.45, 2.75) is 19.9 Å². The highest BCUT2D eigenvalue weighted by Crippen LogP contribution is 2.32. The van der Waals surface area contributed by atoms with Gasteiger partial charge in [0, 0.05) is 17.8 Å². The molecule has 1 heterocycles. The second-order valence-corrected chi connectivity index (χ2v) is 7.24. The van der Waals surface area contributed by atoms with Crippen LogP contribution in [0.1, 0.15) is 13.8 Å². The standard InChI is InChI=1S/C14H20N2O5S/c1-10(2)16(22(3,18)19)9-14(17)15-11-4-5-12-13(8-11)21-7-6-20-12/h4-5,8,10H,6-7,9H2,1-3H3,(H,15,17). The van der Waals surface area contributed by atoms with Gasteiger partial charge in [0.1, 0.15) is 13.2 Å². The van der Waals surface area contributed by atoms with Crippen LogP contribution in [0.3, 0.4) is 0 Å². The first-order chi connectivity index (χ1) is 10.3. The molecule has 0 radical (unpaired) electrons. The molecular formula is C14H20N2O5S. The Kier molecular flexibility index (Phi) is 4.92. The van der Waals surface area contributed by atoms with Gasteiger partial charge in [-0.05, 0) is 26.0 Å². The Morgan fingerprint density at radius 3 is 2.50 bits per heavy atom. The summed E-state index contributed by atoms with van der Waals surface area (Å²) in [5.41, 5.74) is 0.534. The SMILES string of the molecule is CC(C)N(CC(=O)Nc1ccc2c(c1)OCCO2)S(C)(=O)=O. The van der Waals surface area contributed by atoms with Gasteiger partial charge >= 0.3 is 0 Å². The predicted molar refractivity (Wildman–Crippen MR) is 82.7 cm³/mol. The first-order valence-electron chi connectivity index (χ1n) is 6.93. The number of carbonyl (C=O) groups excluding carboxylic acids is 1. The Morgan fingerprint density at radius 2 is 1.91 bits per heavy atom. The number of nitrogens with zero attached hydrogens (tertiary/aromatic N) is 1. The number of hydrogen-bond donors (Lipinski definition) is 1. The van der Waals surface area contributed by atoms with Crippen molar-refractivity contribution in [3.05, 3.63) is 18.2 Å². The summed E-state index contributed by atoms with van der Waals surface area (Å²) in [6.07, 6.45) is 1.09. The summed E-state index contributed by atoms with van der Waals surface area (Å²) in [6.45, 7) is 4.16. The van der Waals surface area contributed by atoms with E-state index in [1.54, 1.807) is 32.0 Å². The third-order valence-corrected chi connectivity index (χ3v) is 4.53. The van der Waals surface area contributed by atoms with Crippen LogP contribution in [0.15, 0.2) is 18.2 Å². The first-order valence-corrected chi connectivity index (χ1v) is 8.78. The summed E-state index contributed by atoms with van der Waals surface area (Å²) in [7, 11) is -3.44. The maximum absolute atomic E-state index is 12.1. The Bertz CT molecular complexity index is 657. The van der Waals surface area contributed by atoms with Crippen molar-refractivity contribution in [2.24, 2.45) is 0 Å². The van der Waals surface area contributed by atoms with Crippen molar-refractivity contribution < 1.29 is 22.7 Å². The molecule has 1 amide bonds. The molecule has 22 heavy (non-hydrogen) atoms. The van der Waals surface area contributed by atoms with Crippen molar-refractivity contribution in [1.82, 2.24) is 4.31 Å². The van der Waals surface area contributed by atoms with Gasteiger partial charge < -0.3 is 14.8 Å². The molecule has 1 aliphatic heterocycles. The summed E-state index contributed by atoms with van der Waals surface area (Å²) >= 11 is 0. The maximum Gasteiger partial charge on any atom is 0.239 e. The molecule has 1 aromatic carbocycles. The monoisotopic (exact) mass is 328 g/mol. The van der Waals surface area contributed by atoms with Crippen molar-refractivity contribution in [1.29, 1.82) is 0 Å². The zero-order chi connectivity index (χ0) is 16.3. The van der Waals surface area contributed by atoms with Gasteiger partial charge in [0.2, 0.25) is 15.9 Å². The van der Waals surface area contributed by atoms with Gasteiger partial charge in [-0.25, -0.2) is 8.42 Å². The van der Waals surface area contributed by atoms with Gasteiger partial charge in [-0.1, -0.05) is 0 Å². The minimum atomic E-state index is -3.44. The molecule has 8 heteroatoms. The minimum absolute atomic E-state index is 0.231. The second kappa shape index (κ2) is 6.53. The normalized spacial score (nSPS) is 14.2. The van der Waals surface area contributed by atoms with E-state index in [4.69, 9.17) is 9.47 Å². The molecular weight excluding hydrogens is 308 g/mol.